The van der Waals surface area contributed by atoms with Crippen molar-refractivity contribution in [3.63, 3.8) is 0 Å². The summed E-state index contributed by atoms with van der Waals surface area (Å²) in [4.78, 5) is 11.8. The molecule has 0 heterocycles. The van der Waals surface area contributed by atoms with Gasteiger partial charge in [0, 0.05) is 18.5 Å². The number of nitrogens with one attached hydrogen (secondary N) is 1. The lowest BCUT2D eigenvalue weighted by Gasteiger charge is -2.10. The number of aryl methyl sites for hydroxylation is 1. The summed E-state index contributed by atoms with van der Waals surface area (Å²) in [5, 5.41) is 3.00. The fraction of sp³-hybridized carbons (Fsp3) is 0.462. The second-order valence-electron chi connectivity index (χ2n) is 4.05. The van der Waals surface area contributed by atoms with Crippen LogP contribution in [-0.2, 0) is 6.18 Å². The predicted molar refractivity (Wildman–Crippen MR) is 63.7 cm³/mol. The van der Waals surface area contributed by atoms with Gasteiger partial charge in [0.15, 0.2) is 5.78 Å². The predicted octanol–water partition coefficient (Wildman–Crippen LogP) is 3.20. The Bertz CT molecular complexity index is 427. The van der Waals surface area contributed by atoms with Crippen molar-refractivity contribution in [3.8, 4) is 0 Å². The highest BCUT2D eigenvalue weighted by molar-refractivity contribution is 5.97. The van der Waals surface area contributed by atoms with E-state index in [0.29, 0.717) is 24.1 Å². The van der Waals surface area contributed by atoms with E-state index in [1.165, 1.54) is 13.0 Å². The Morgan fingerprint density at radius 1 is 1.33 bits per heavy atom. The fourth-order valence-corrected chi connectivity index (χ4v) is 1.67. The maximum absolute atomic E-state index is 12.5. The number of ketones is 1. The van der Waals surface area contributed by atoms with E-state index < -0.39 is 11.7 Å². The van der Waals surface area contributed by atoms with E-state index in [2.05, 4.69) is 5.32 Å². The molecule has 0 saturated carbocycles. The third kappa shape index (κ3) is 3.84. The van der Waals surface area contributed by atoms with Gasteiger partial charge in [0.05, 0.1) is 5.56 Å². The van der Waals surface area contributed by atoms with Crippen molar-refractivity contribution in [2.45, 2.75) is 26.4 Å². The van der Waals surface area contributed by atoms with Crippen LogP contribution in [0.25, 0.3) is 0 Å². The van der Waals surface area contributed by atoms with Crippen molar-refractivity contribution >= 4 is 5.78 Å². The van der Waals surface area contributed by atoms with Crippen molar-refractivity contribution in [1.82, 2.24) is 5.32 Å². The van der Waals surface area contributed by atoms with Crippen LogP contribution < -0.4 is 5.32 Å². The van der Waals surface area contributed by atoms with Crippen molar-refractivity contribution in [2.24, 2.45) is 0 Å². The summed E-state index contributed by atoms with van der Waals surface area (Å²) < 4.78 is 37.4. The van der Waals surface area contributed by atoms with Crippen LogP contribution in [0, 0.1) is 6.92 Å². The van der Waals surface area contributed by atoms with Crippen LogP contribution in [0.4, 0.5) is 13.2 Å². The van der Waals surface area contributed by atoms with Crippen LogP contribution in [-0.4, -0.2) is 18.9 Å². The summed E-state index contributed by atoms with van der Waals surface area (Å²) in [6.45, 7) is 4.75. The molecule has 18 heavy (non-hydrogen) atoms. The van der Waals surface area contributed by atoms with Crippen LogP contribution in [0.1, 0.15) is 34.8 Å². The summed E-state index contributed by atoms with van der Waals surface area (Å²) in [5.74, 6) is -0.137. The molecule has 1 N–H and O–H groups in total. The number of Topliss-reactive ketones (excluding diaryl/α,β-unsaturated/α-hetero) is 1. The van der Waals surface area contributed by atoms with Crippen molar-refractivity contribution in [1.29, 1.82) is 0 Å². The van der Waals surface area contributed by atoms with Crippen molar-refractivity contribution in [3.05, 3.63) is 34.9 Å². The summed E-state index contributed by atoms with van der Waals surface area (Å²) in [7, 11) is 0. The highest BCUT2D eigenvalue weighted by Crippen LogP contribution is 2.30. The monoisotopic (exact) mass is 259 g/mol. The Balaban J connectivity index is 2.82. The number of carbonyl (C=O) groups excluding carboxylic acids is 1. The molecule has 0 amide bonds. The van der Waals surface area contributed by atoms with E-state index >= 15 is 0 Å². The standard InChI is InChI=1S/C13H16F3NO/c1-3-17-7-6-12(18)11-5-4-10(8-9(11)2)13(14,15)16/h4-5,8,17H,3,6-7H2,1-2H3. The molecule has 100 valence electrons. The van der Waals surface area contributed by atoms with Gasteiger partial charge in [-0.15, -0.1) is 0 Å². The number of halogens is 3. The molecule has 0 radical (unpaired) electrons. The molecule has 0 atom stereocenters. The molecule has 2 nitrogen and oxygen atoms in total. The molecule has 0 aromatic heterocycles. The van der Waals surface area contributed by atoms with Gasteiger partial charge >= 0.3 is 6.18 Å². The Morgan fingerprint density at radius 3 is 2.50 bits per heavy atom. The third-order valence-electron chi connectivity index (χ3n) is 2.63. The zero-order valence-corrected chi connectivity index (χ0v) is 10.4. The van der Waals surface area contributed by atoms with Gasteiger partial charge in [-0.3, -0.25) is 4.79 Å². The van der Waals surface area contributed by atoms with Crippen LogP contribution in [0.2, 0.25) is 0 Å². The Morgan fingerprint density at radius 2 is 2.00 bits per heavy atom. The molecule has 0 fully saturated rings. The van der Waals surface area contributed by atoms with Gasteiger partial charge in [-0.2, -0.15) is 13.2 Å². The van der Waals surface area contributed by atoms with Crippen molar-refractivity contribution in [2.75, 3.05) is 13.1 Å². The summed E-state index contributed by atoms with van der Waals surface area (Å²) in [6, 6.07) is 3.22. The Kier molecular flexibility index (Phi) is 4.90. The second kappa shape index (κ2) is 6.00. The van der Waals surface area contributed by atoms with E-state index in [0.717, 1.165) is 18.7 Å². The zero-order valence-electron chi connectivity index (χ0n) is 10.4. The molecule has 0 aliphatic heterocycles. The van der Waals surface area contributed by atoms with Gasteiger partial charge in [-0.25, -0.2) is 0 Å². The topological polar surface area (TPSA) is 29.1 Å². The average Bonchev–Trinajstić information content (AvgIpc) is 2.27. The van der Waals surface area contributed by atoms with Gasteiger partial charge < -0.3 is 5.32 Å². The molecule has 0 aliphatic carbocycles. The van der Waals surface area contributed by atoms with Gasteiger partial charge in [0.25, 0.3) is 0 Å². The third-order valence-corrected chi connectivity index (χ3v) is 2.63. The summed E-state index contributed by atoms with van der Waals surface area (Å²) in [6.07, 6.45) is -4.07. The largest absolute Gasteiger partial charge is 0.416 e. The van der Waals surface area contributed by atoms with Crippen LogP contribution in [0.5, 0.6) is 0 Å². The van der Waals surface area contributed by atoms with Gasteiger partial charge in [0.1, 0.15) is 0 Å². The average molecular weight is 259 g/mol. The number of carbonyl (C=O) groups is 1. The molecule has 0 spiro atoms. The van der Waals surface area contributed by atoms with E-state index in [1.54, 1.807) is 0 Å². The van der Waals surface area contributed by atoms with E-state index in [-0.39, 0.29) is 5.78 Å². The van der Waals surface area contributed by atoms with Crippen LogP contribution in [0.15, 0.2) is 18.2 Å². The Labute approximate surface area is 104 Å². The van der Waals surface area contributed by atoms with Gasteiger partial charge in [0.2, 0.25) is 0 Å². The maximum atomic E-state index is 12.5. The molecule has 1 aromatic rings. The molecule has 1 rings (SSSR count). The lowest BCUT2D eigenvalue weighted by molar-refractivity contribution is -0.137. The number of hydrogen-bond acceptors (Lipinski definition) is 2. The normalized spacial score (nSPS) is 11.6. The van der Waals surface area contributed by atoms with Crippen molar-refractivity contribution < 1.29 is 18.0 Å². The van der Waals surface area contributed by atoms with E-state index in [9.17, 15) is 18.0 Å². The fourth-order valence-electron chi connectivity index (χ4n) is 1.67. The molecule has 1 aromatic carbocycles. The highest BCUT2D eigenvalue weighted by Gasteiger charge is 2.30. The first-order chi connectivity index (χ1) is 8.36. The summed E-state index contributed by atoms with van der Waals surface area (Å²) in [5.41, 5.74) is 0.00968. The Hall–Kier alpha value is -1.36. The first-order valence-electron chi connectivity index (χ1n) is 5.78. The minimum atomic E-state index is -4.36. The van der Waals surface area contributed by atoms with E-state index in [4.69, 9.17) is 0 Å². The quantitative estimate of drug-likeness (QED) is 0.650. The molecule has 0 bridgehead atoms. The number of hydrogen-bond donors (Lipinski definition) is 1. The van der Waals surface area contributed by atoms with Gasteiger partial charge in [-0.05, 0) is 31.2 Å². The van der Waals surface area contributed by atoms with E-state index in [1.807, 2.05) is 6.92 Å². The first kappa shape index (κ1) is 14.7. The van der Waals surface area contributed by atoms with Gasteiger partial charge in [-0.1, -0.05) is 13.0 Å². The van der Waals surface area contributed by atoms with Crippen LogP contribution >= 0.6 is 0 Å². The minimum absolute atomic E-state index is 0.137. The summed E-state index contributed by atoms with van der Waals surface area (Å²) >= 11 is 0. The number of alkyl halides is 3. The lowest BCUT2D eigenvalue weighted by Crippen LogP contribution is -2.18. The molecular formula is C13H16F3NO. The smallest absolute Gasteiger partial charge is 0.317 e. The van der Waals surface area contributed by atoms with Crippen LogP contribution in [0.3, 0.4) is 0 Å². The number of benzene rings is 1. The molecule has 5 heteroatoms. The zero-order chi connectivity index (χ0) is 13.8. The molecular weight excluding hydrogens is 243 g/mol. The number of rotatable bonds is 5. The molecule has 0 saturated heterocycles. The second-order valence-corrected chi connectivity index (χ2v) is 4.05. The molecule has 0 aliphatic rings. The SMILES string of the molecule is CCNCCC(=O)c1ccc(C(F)(F)F)cc1C. The highest BCUT2D eigenvalue weighted by atomic mass is 19.4. The lowest BCUT2D eigenvalue weighted by atomic mass is 10.00. The molecule has 0 unspecified atom stereocenters. The first-order valence-corrected chi connectivity index (χ1v) is 5.78. The maximum Gasteiger partial charge on any atom is 0.416 e. The minimum Gasteiger partial charge on any atom is -0.317 e.